The second-order valence-corrected chi connectivity index (χ2v) is 20.7. The van der Waals surface area contributed by atoms with E-state index in [0.29, 0.717) is 0 Å². The zero-order chi connectivity index (χ0) is 37.9. The summed E-state index contributed by atoms with van der Waals surface area (Å²) >= 11 is 0. The molecule has 0 N–H and O–H groups in total. The Hall–Kier alpha value is -6.48. The van der Waals surface area contributed by atoms with Crippen LogP contribution in [0, 0.1) is 0 Å². The summed E-state index contributed by atoms with van der Waals surface area (Å²) in [5.74, 6) is 0. The summed E-state index contributed by atoms with van der Waals surface area (Å²) in [6.45, 7) is 7.27. The number of furan rings is 1. The van der Waals surface area contributed by atoms with Crippen molar-refractivity contribution in [3.63, 3.8) is 0 Å². The molecule has 0 radical (unpaired) electrons. The summed E-state index contributed by atoms with van der Waals surface area (Å²) in [5.41, 5.74) is 8.99. The molecule has 0 fully saturated rings. The van der Waals surface area contributed by atoms with Gasteiger partial charge in [-0.3, -0.25) is 0 Å². The van der Waals surface area contributed by atoms with Crippen LogP contribution in [0.1, 0.15) is 20.8 Å². The third kappa shape index (κ3) is 5.28. The lowest BCUT2D eigenvalue weighted by Gasteiger charge is -2.44. The van der Waals surface area contributed by atoms with Crippen molar-refractivity contribution in [2.45, 2.75) is 25.8 Å². The van der Waals surface area contributed by atoms with E-state index < -0.39 is 8.07 Å². The molecule has 0 saturated carbocycles. The van der Waals surface area contributed by atoms with Crippen LogP contribution < -0.4 is 15.6 Å². The largest absolute Gasteiger partial charge is 0.455 e. The van der Waals surface area contributed by atoms with Gasteiger partial charge in [0.15, 0.2) is 8.07 Å². The van der Waals surface area contributed by atoms with Crippen molar-refractivity contribution in [2.75, 3.05) is 0 Å². The topological polar surface area (TPSA) is 13.1 Å². The first kappa shape index (κ1) is 34.0. The predicted octanol–water partition coefficient (Wildman–Crippen LogP) is 13.2. The zero-order valence-corrected chi connectivity index (χ0v) is 33.0. The first-order chi connectivity index (χ1) is 27.4. The Kier molecular flexibility index (Phi) is 8.13. The average molecular weight is 735 g/mol. The lowest BCUT2D eigenvalue weighted by molar-refractivity contribution is 0.670. The van der Waals surface area contributed by atoms with E-state index in [-0.39, 0.29) is 5.04 Å². The second kappa shape index (κ2) is 13.4. The standard InChI is InChI=1S/C54H42OSi/c1-54(2,3)56(40-21-9-5-10-22-40,41-23-11-6-12-24-41)42-33-31-37(32-34-42)48-35-39(36-49-43-25-17-18-30-50(43)55-53(48)49)52-46-28-15-13-26-44(46)51(38-19-7-4-8-20-38)45-27-14-16-29-47(45)52/h4-36H,1-3H3. The quantitative estimate of drug-likeness (QED) is 0.0942. The molecule has 0 bridgehead atoms. The fourth-order valence-electron chi connectivity index (χ4n) is 9.62. The summed E-state index contributed by atoms with van der Waals surface area (Å²) in [6.07, 6.45) is 0. The van der Waals surface area contributed by atoms with Crippen LogP contribution in [0.5, 0.6) is 0 Å². The van der Waals surface area contributed by atoms with Crippen molar-refractivity contribution in [1.82, 2.24) is 0 Å². The molecule has 0 amide bonds. The highest BCUT2D eigenvalue weighted by Crippen LogP contribution is 2.47. The zero-order valence-electron chi connectivity index (χ0n) is 32.0. The van der Waals surface area contributed by atoms with Crippen molar-refractivity contribution in [3.05, 3.63) is 200 Å². The fourth-order valence-corrected chi connectivity index (χ4v) is 15.3. The van der Waals surface area contributed by atoms with Crippen molar-refractivity contribution < 1.29 is 4.42 Å². The van der Waals surface area contributed by atoms with E-state index in [1.165, 1.54) is 59.4 Å². The van der Waals surface area contributed by atoms with Crippen LogP contribution in [0.2, 0.25) is 5.04 Å². The molecule has 0 aliphatic rings. The van der Waals surface area contributed by atoms with Crippen LogP contribution in [-0.2, 0) is 0 Å². The Labute approximate surface area is 329 Å². The van der Waals surface area contributed by atoms with Crippen molar-refractivity contribution in [3.8, 4) is 33.4 Å². The van der Waals surface area contributed by atoms with E-state index in [2.05, 4.69) is 221 Å². The molecular weight excluding hydrogens is 693 g/mol. The van der Waals surface area contributed by atoms with Gasteiger partial charge in [-0.15, -0.1) is 0 Å². The maximum atomic E-state index is 6.78. The summed E-state index contributed by atoms with van der Waals surface area (Å²) in [7, 11) is -2.51. The van der Waals surface area contributed by atoms with Gasteiger partial charge in [-0.1, -0.05) is 203 Å². The molecule has 1 heterocycles. The molecular formula is C54H42OSi. The van der Waals surface area contributed by atoms with E-state index in [4.69, 9.17) is 4.42 Å². The Morgan fingerprint density at radius 2 is 0.786 bits per heavy atom. The number of hydrogen-bond donors (Lipinski definition) is 0. The summed E-state index contributed by atoms with van der Waals surface area (Å²) in [5, 5.41) is 11.5. The van der Waals surface area contributed by atoms with Gasteiger partial charge in [-0.2, -0.15) is 0 Å². The van der Waals surface area contributed by atoms with Gasteiger partial charge in [0.05, 0.1) is 0 Å². The first-order valence-electron chi connectivity index (χ1n) is 19.6. The molecule has 9 aromatic carbocycles. The summed E-state index contributed by atoms with van der Waals surface area (Å²) in [6, 6.07) is 73.8. The van der Waals surface area contributed by atoms with Gasteiger partial charge < -0.3 is 4.42 Å². The van der Waals surface area contributed by atoms with E-state index in [9.17, 15) is 0 Å². The number of fused-ring (bicyclic) bond motifs is 5. The number of para-hydroxylation sites is 1. The van der Waals surface area contributed by atoms with Gasteiger partial charge >= 0.3 is 0 Å². The van der Waals surface area contributed by atoms with Crippen LogP contribution in [0.3, 0.4) is 0 Å². The highest BCUT2D eigenvalue weighted by atomic mass is 28.3. The minimum atomic E-state index is -2.51. The molecule has 10 aromatic rings. The maximum absolute atomic E-state index is 6.78. The van der Waals surface area contributed by atoms with Crippen molar-refractivity contribution >= 4 is 67.1 Å². The van der Waals surface area contributed by atoms with Gasteiger partial charge in [0, 0.05) is 16.3 Å². The van der Waals surface area contributed by atoms with Crippen LogP contribution in [0.25, 0.3) is 76.9 Å². The monoisotopic (exact) mass is 734 g/mol. The van der Waals surface area contributed by atoms with Crippen molar-refractivity contribution in [1.29, 1.82) is 0 Å². The SMILES string of the molecule is CC(C)(C)[Si](c1ccccc1)(c1ccccc1)c1ccc(-c2cc(-c3c4ccccc4c(-c4ccccc4)c4ccccc34)cc3c2oc2ccccc23)cc1. The molecule has 0 aliphatic heterocycles. The first-order valence-corrected chi connectivity index (χ1v) is 21.6. The summed E-state index contributed by atoms with van der Waals surface area (Å²) in [4.78, 5) is 0. The van der Waals surface area contributed by atoms with Crippen LogP contribution in [-0.4, -0.2) is 8.07 Å². The second-order valence-electron chi connectivity index (χ2n) is 16.0. The van der Waals surface area contributed by atoms with Gasteiger partial charge in [0.25, 0.3) is 0 Å². The Morgan fingerprint density at radius 3 is 1.30 bits per heavy atom. The average Bonchev–Trinajstić information content (AvgIpc) is 3.62. The molecule has 0 atom stereocenters. The fraction of sp³-hybridized carbons (Fsp3) is 0.0741. The van der Waals surface area contributed by atoms with Crippen LogP contribution in [0.4, 0.5) is 0 Å². The molecule has 1 nitrogen and oxygen atoms in total. The summed E-state index contributed by atoms with van der Waals surface area (Å²) < 4.78 is 6.78. The Balaban J connectivity index is 1.24. The molecule has 0 saturated heterocycles. The van der Waals surface area contributed by atoms with E-state index in [1.54, 1.807) is 0 Å². The maximum Gasteiger partial charge on any atom is 0.153 e. The predicted molar refractivity (Wildman–Crippen MR) is 242 cm³/mol. The van der Waals surface area contributed by atoms with E-state index >= 15 is 0 Å². The number of rotatable bonds is 6. The molecule has 268 valence electrons. The lowest BCUT2D eigenvalue weighted by Crippen LogP contribution is -2.72. The van der Waals surface area contributed by atoms with Gasteiger partial charge in [-0.25, -0.2) is 0 Å². The highest BCUT2D eigenvalue weighted by Gasteiger charge is 2.49. The molecule has 0 spiro atoms. The minimum absolute atomic E-state index is 0.00281. The minimum Gasteiger partial charge on any atom is -0.455 e. The smallest absolute Gasteiger partial charge is 0.153 e. The number of benzene rings is 9. The molecule has 56 heavy (non-hydrogen) atoms. The molecule has 0 aliphatic carbocycles. The van der Waals surface area contributed by atoms with Crippen LogP contribution in [0.15, 0.2) is 205 Å². The normalized spacial score (nSPS) is 12.2. The van der Waals surface area contributed by atoms with Gasteiger partial charge in [0.2, 0.25) is 0 Å². The molecule has 1 aromatic heterocycles. The van der Waals surface area contributed by atoms with Gasteiger partial charge in [-0.05, 0) is 88.2 Å². The molecule has 2 heteroatoms. The van der Waals surface area contributed by atoms with E-state index in [1.807, 2.05) is 0 Å². The van der Waals surface area contributed by atoms with E-state index in [0.717, 1.165) is 33.1 Å². The third-order valence-electron chi connectivity index (χ3n) is 11.9. The molecule has 0 unspecified atom stereocenters. The highest BCUT2D eigenvalue weighted by molar-refractivity contribution is 7.13. The lowest BCUT2D eigenvalue weighted by atomic mass is 9.85. The Morgan fingerprint density at radius 1 is 0.357 bits per heavy atom. The van der Waals surface area contributed by atoms with Crippen LogP contribution >= 0.6 is 0 Å². The Bertz CT molecular complexity index is 2930. The molecule has 10 rings (SSSR count). The van der Waals surface area contributed by atoms with Crippen molar-refractivity contribution in [2.24, 2.45) is 0 Å². The number of hydrogen-bond acceptors (Lipinski definition) is 1. The third-order valence-corrected chi connectivity index (χ3v) is 17.8. The van der Waals surface area contributed by atoms with Gasteiger partial charge in [0.1, 0.15) is 11.2 Å².